The highest BCUT2D eigenvalue weighted by Gasteiger charge is 2.33. The smallest absolute Gasteiger partial charge is 0.337 e. The minimum absolute atomic E-state index is 0.209. The van der Waals surface area contributed by atoms with Crippen molar-refractivity contribution in [2.45, 2.75) is 65.7 Å². The van der Waals surface area contributed by atoms with Gasteiger partial charge in [-0.05, 0) is 68.1 Å². The molecule has 1 amide bonds. The van der Waals surface area contributed by atoms with E-state index in [1.165, 1.54) is 31.9 Å². The number of fused-ring (bicyclic) bond motifs is 1. The van der Waals surface area contributed by atoms with Crippen molar-refractivity contribution in [1.82, 2.24) is 15.3 Å². The summed E-state index contributed by atoms with van der Waals surface area (Å²) in [6.07, 6.45) is 10.1. The number of methoxy groups -OCH3 is 1. The zero-order valence-electron chi connectivity index (χ0n) is 21.0. The van der Waals surface area contributed by atoms with E-state index in [0.29, 0.717) is 29.2 Å². The molecule has 0 radical (unpaired) electrons. The lowest BCUT2D eigenvalue weighted by molar-refractivity contribution is -0.126. The lowest BCUT2D eigenvalue weighted by atomic mass is 9.69. The van der Waals surface area contributed by atoms with Crippen molar-refractivity contribution in [1.29, 1.82) is 0 Å². The van der Waals surface area contributed by atoms with Gasteiger partial charge in [0.1, 0.15) is 5.82 Å². The van der Waals surface area contributed by atoms with Gasteiger partial charge in [-0.25, -0.2) is 9.78 Å². The molecule has 4 rings (SSSR count). The average molecular weight is 466 g/mol. The molecule has 2 aliphatic rings. The molecule has 184 valence electrons. The number of allylic oxidation sites excluding steroid dienone is 1. The van der Waals surface area contributed by atoms with E-state index in [0.717, 1.165) is 49.1 Å². The van der Waals surface area contributed by atoms with E-state index in [1.807, 2.05) is 12.1 Å². The lowest BCUT2D eigenvalue weighted by Gasteiger charge is -2.37. The molecule has 0 aliphatic heterocycles. The minimum atomic E-state index is -0.342. The molecule has 2 aliphatic carbocycles. The summed E-state index contributed by atoms with van der Waals surface area (Å²) in [7, 11) is 1.39. The maximum absolute atomic E-state index is 12.7. The fourth-order valence-corrected chi connectivity index (χ4v) is 5.87. The predicted octanol–water partition coefficient (Wildman–Crippen LogP) is 5.44. The van der Waals surface area contributed by atoms with Gasteiger partial charge in [0.2, 0.25) is 5.91 Å². The maximum Gasteiger partial charge on any atom is 0.337 e. The fraction of sp³-hybridized carbons (Fsp3) is 0.607. The predicted molar refractivity (Wildman–Crippen MR) is 134 cm³/mol. The van der Waals surface area contributed by atoms with Gasteiger partial charge in [0.15, 0.2) is 0 Å². The first-order valence-electron chi connectivity index (χ1n) is 12.9. The number of hydrogen-bond donors (Lipinski definition) is 2. The molecule has 1 heterocycles. The minimum Gasteiger partial charge on any atom is -0.465 e. The summed E-state index contributed by atoms with van der Waals surface area (Å²) in [5.74, 6) is 2.93. The van der Waals surface area contributed by atoms with E-state index in [2.05, 4.69) is 37.1 Å². The molecule has 6 heteroatoms. The van der Waals surface area contributed by atoms with Crippen molar-refractivity contribution >= 4 is 22.9 Å². The number of ether oxygens (including phenoxy) is 1. The van der Waals surface area contributed by atoms with Crippen LogP contribution in [0.1, 0.15) is 75.5 Å². The van der Waals surface area contributed by atoms with E-state index in [1.54, 1.807) is 6.07 Å². The maximum atomic E-state index is 12.7. The molecule has 34 heavy (non-hydrogen) atoms. The second-order valence-electron chi connectivity index (χ2n) is 10.6. The van der Waals surface area contributed by atoms with Crippen LogP contribution in [0.25, 0.3) is 11.0 Å². The summed E-state index contributed by atoms with van der Waals surface area (Å²) in [5.41, 5.74) is 3.63. The lowest BCUT2D eigenvalue weighted by Crippen LogP contribution is -2.39. The van der Waals surface area contributed by atoms with Gasteiger partial charge >= 0.3 is 5.97 Å². The Balaban J connectivity index is 1.44. The Morgan fingerprint density at radius 1 is 1.21 bits per heavy atom. The normalized spacial score (nSPS) is 23.7. The summed E-state index contributed by atoms with van der Waals surface area (Å²) in [4.78, 5) is 32.7. The van der Waals surface area contributed by atoms with Crippen LogP contribution in [0.3, 0.4) is 0 Å². The molecule has 1 fully saturated rings. The summed E-state index contributed by atoms with van der Waals surface area (Å²) in [5, 5.41) is 3.29. The van der Waals surface area contributed by atoms with Crippen LogP contribution in [0.15, 0.2) is 29.8 Å². The number of imidazole rings is 1. The first kappa shape index (κ1) is 24.5. The van der Waals surface area contributed by atoms with E-state index in [9.17, 15) is 9.59 Å². The van der Waals surface area contributed by atoms with Gasteiger partial charge in [-0.3, -0.25) is 4.79 Å². The number of carbonyl (C=O) groups excluding carboxylic acids is 2. The number of aromatic amines is 1. The third-order valence-corrected chi connectivity index (χ3v) is 7.96. The van der Waals surface area contributed by atoms with Crippen molar-refractivity contribution < 1.29 is 14.3 Å². The van der Waals surface area contributed by atoms with Gasteiger partial charge in [0, 0.05) is 18.9 Å². The monoisotopic (exact) mass is 465 g/mol. The fourth-order valence-electron chi connectivity index (χ4n) is 5.87. The highest BCUT2D eigenvalue weighted by atomic mass is 16.5. The van der Waals surface area contributed by atoms with Gasteiger partial charge < -0.3 is 15.0 Å². The van der Waals surface area contributed by atoms with Crippen LogP contribution in [-0.2, 0) is 16.0 Å². The molecule has 3 unspecified atom stereocenters. The first-order valence-corrected chi connectivity index (χ1v) is 12.9. The highest BCUT2D eigenvalue weighted by Crippen LogP contribution is 2.39. The van der Waals surface area contributed by atoms with Crippen molar-refractivity contribution in [3.05, 3.63) is 41.2 Å². The van der Waals surface area contributed by atoms with Crippen LogP contribution in [0.4, 0.5) is 0 Å². The summed E-state index contributed by atoms with van der Waals surface area (Å²) < 4.78 is 4.83. The topological polar surface area (TPSA) is 84.1 Å². The highest BCUT2D eigenvalue weighted by molar-refractivity contribution is 5.93. The molecule has 1 saturated carbocycles. The molecule has 2 aromatic rings. The van der Waals surface area contributed by atoms with Crippen molar-refractivity contribution in [2.75, 3.05) is 13.7 Å². The quantitative estimate of drug-likeness (QED) is 0.421. The second kappa shape index (κ2) is 10.7. The molecule has 1 aromatic carbocycles. The van der Waals surface area contributed by atoms with Gasteiger partial charge in [-0.2, -0.15) is 0 Å². The number of carbonyl (C=O) groups is 2. The first-order chi connectivity index (χ1) is 16.4. The number of hydrogen-bond acceptors (Lipinski definition) is 4. The molecule has 2 N–H and O–H groups in total. The molecule has 3 atom stereocenters. The van der Waals surface area contributed by atoms with Crippen LogP contribution in [0, 0.1) is 29.6 Å². The van der Waals surface area contributed by atoms with Crippen molar-refractivity contribution in [2.24, 2.45) is 29.6 Å². The number of nitrogens with zero attached hydrogens (tertiary/aromatic N) is 1. The standard InChI is InChI=1S/C28H39N3O3/c1-17(2)23-13-21(15-26-30-24-11-10-20(28(33)34-4)14-25(24)31-26)18(3)12-22(23)16-29-27(32)19-8-6-5-7-9-19/h10-12,14,17,19,21-23H,5-9,13,15-16H2,1-4H3,(H,29,32)(H,30,31). The SMILES string of the molecule is COC(=O)c1ccc2nc(CC3CC(C(C)C)C(CNC(=O)C4CCCCC4)C=C3C)[nH]c2c1. The Hall–Kier alpha value is -2.63. The van der Waals surface area contributed by atoms with E-state index in [4.69, 9.17) is 9.72 Å². The third kappa shape index (κ3) is 5.53. The molecular weight excluding hydrogens is 426 g/mol. The van der Waals surface area contributed by atoms with E-state index < -0.39 is 0 Å². The van der Waals surface area contributed by atoms with Gasteiger partial charge in [-0.15, -0.1) is 0 Å². The molecule has 0 bridgehead atoms. The third-order valence-electron chi connectivity index (χ3n) is 7.96. The van der Waals surface area contributed by atoms with E-state index in [-0.39, 0.29) is 17.8 Å². The number of benzene rings is 1. The number of amides is 1. The summed E-state index contributed by atoms with van der Waals surface area (Å²) in [6.45, 7) is 7.54. The van der Waals surface area contributed by atoms with Crippen LogP contribution in [0.2, 0.25) is 0 Å². The average Bonchev–Trinajstić information content (AvgIpc) is 3.25. The molecule has 1 aromatic heterocycles. The van der Waals surface area contributed by atoms with Crippen LogP contribution >= 0.6 is 0 Å². The second-order valence-corrected chi connectivity index (χ2v) is 10.6. The number of H-pyrrole nitrogens is 1. The number of rotatable bonds is 7. The van der Waals surface area contributed by atoms with Crippen LogP contribution in [0.5, 0.6) is 0 Å². The summed E-state index contributed by atoms with van der Waals surface area (Å²) >= 11 is 0. The van der Waals surface area contributed by atoms with Gasteiger partial charge in [0.25, 0.3) is 0 Å². The van der Waals surface area contributed by atoms with Gasteiger partial charge in [-0.1, -0.05) is 44.8 Å². The van der Waals surface area contributed by atoms with Crippen molar-refractivity contribution in [3.63, 3.8) is 0 Å². The molecule has 0 saturated heterocycles. The zero-order chi connectivity index (χ0) is 24.2. The van der Waals surface area contributed by atoms with E-state index >= 15 is 0 Å². The zero-order valence-corrected chi connectivity index (χ0v) is 21.0. The molecule has 6 nitrogen and oxygen atoms in total. The largest absolute Gasteiger partial charge is 0.465 e. The number of esters is 1. The Morgan fingerprint density at radius 2 is 1.97 bits per heavy atom. The Labute approximate surface area is 202 Å². The Morgan fingerprint density at radius 3 is 2.68 bits per heavy atom. The Kier molecular flexibility index (Phi) is 7.74. The summed E-state index contributed by atoms with van der Waals surface area (Å²) in [6, 6.07) is 5.43. The molecular formula is C28H39N3O3. The van der Waals surface area contributed by atoms with Crippen LogP contribution < -0.4 is 5.32 Å². The number of aromatic nitrogens is 2. The van der Waals surface area contributed by atoms with Crippen LogP contribution in [-0.4, -0.2) is 35.5 Å². The molecule has 0 spiro atoms. The Bertz CT molecular complexity index is 1050. The van der Waals surface area contributed by atoms with Gasteiger partial charge in [0.05, 0.1) is 23.7 Å². The number of nitrogens with one attached hydrogen (secondary N) is 2. The van der Waals surface area contributed by atoms with Crippen molar-refractivity contribution in [3.8, 4) is 0 Å².